The number of benzene rings is 1. The molecule has 7 heteroatoms. The summed E-state index contributed by atoms with van der Waals surface area (Å²) in [6.45, 7) is 0.572. The van der Waals surface area contributed by atoms with E-state index in [-0.39, 0.29) is 11.0 Å². The van der Waals surface area contributed by atoms with E-state index in [1.807, 2.05) is 36.4 Å². The molecule has 26 heavy (non-hydrogen) atoms. The van der Waals surface area contributed by atoms with Gasteiger partial charge in [-0.3, -0.25) is 9.78 Å². The summed E-state index contributed by atoms with van der Waals surface area (Å²) in [5.74, 6) is 1.42. The van der Waals surface area contributed by atoms with Gasteiger partial charge in [0.15, 0.2) is 5.78 Å². The Bertz CT molecular complexity index is 825. The van der Waals surface area contributed by atoms with Gasteiger partial charge >= 0.3 is 0 Å². The van der Waals surface area contributed by atoms with Crippen LogP contribution in [0.3, 0.4) is 0 Å². The average molecular weight is 386 g/mol. The number of ketones is 1. The number of methoxy groups -OCH3 is 1. The van der Waals surface area contributed by atoms with Crippen molar-refractivity contribution in [3.63, 3.8) is 0 Å². The topological polar surface area (TPSA) is 63.2 Å². The Hall–Kier alpha value is -2.38. The number of anilines is 1. The summed E-state index contributed by atoms with van der Waals surface area (Å²) >= 11 is 6.94. The summed E-state index contributed by atoms with van der Waals surface area (Å²) in [4.78, 5) is 17.1. The number of rotatable bonds is 6. The maximum atomic E-state index is 12.5. The normalized spacial score (nSPS) is 16.6. The zero-order chi connectivity index (χ0) is 18.4. The van der Waals surface area contributed by atoms with Crippen molar-refractivity contribution in [3.8, 4) is 5.75 Å². The van der Waals surface area contributed by atoms with Crippen molar-refractivity contribution in [2.45, 2.75) is 11.8 Å². The van der Waals surface area contributed by atoms with Crippen molar-refractivity contribution < 1.29 is 9.53 Å². The van der Waals surface area contributed by atoms with Crippen LogP contribution in [0.25, 0.3) is 0 Å². The first-order chi connectivity index (χ1) is 12.7. The van der Waals surface area contributed by atoms with Crippen molar-refractivity contribution in [3.05, 3.63) is 66.1 Å². The average Bonchev–Trinajstić information content (AvgIpc) is 2.67. The highest BCUT2D eigenvalue weighted by molar-refractivity contribution is 8.02. The zero-order valence-corrected chi connectivity index (χ0v) is 15.9. The molecule has 2 heterocycles. The molecule has 0 amide bonds. The quantitative estimate of drug-likeness (QED) is 0.741. The molecule has 1 atom stereocenters. The smallest absolute Gasteiger partial charge is 0.177 e. The van der Waals surface area contributed by atoms with Crippen molar-refractivity contribution >= 4 is 40.4 Å². The first-order valence-electron chi connectivity index (χ1n) is 8.10. The Morgan fingerprint density at radius 1 is 1.35 bits per heavy atom. The monoisotopic (exact) mass is 385 g/mol. The third-order valence-corrected chi connectivity index (χ3v) is 5.62. The number of ether oxygens (including phenoxy) is 1. The van der Waals surface area contributed by atoms with E-state index in [0.29, 0.717) is 17.3 Å². The molecule has 0 saturated heterocycles. The van der Waals surface area contributed by atoms with E-state index in [4.69, 9.17) is 17.0 Å². The standard InChI is InChI=1S/C19H19N3O2S2/c1-24-17-11-20-8-7-13(17)10-21-15-9-16(23)18(26-12-15)19(25)22-14-5-3-2-4-6-14/h2-9,11,18,21H,10,12H2,1H3,(H,22,25). The number of carbonyl (C=O) groups excluding carboxylic acids is 1. The molecule has 1 aromatic heterocycles. The van der Waals surface area contributed by atoms with Crippen molar-refractivity contribution in [1.82, 2.24) is 10.3 Å². The number of allylic oxidation sites excluding steroid dienone is 1. The molecule has 0 aliphatic carbocycles. The van der Waals surface area contributed by atoms with E-state index >= 15 is 0 Å². The molecule has 0 bridgehead atoms. The molecule has 1 aliphatic rings. The minimum Gasteiger partial charge on any atom is -0.495 e. The zero-order valence-electron chi connectivity index (χ0n) is 14.3. The second kappa shape index (κ2) is 8.82. The van der Waals surface area contributed by atoms with Crippen LogP contribution >= 0.6 is 24.0 Å². The molecule has 0 radical (unpaired) electrons. The van der Waals surface area contributed by atoms with E-state index in [1.165, 1.54) is 11.8 Å². The fraction of sp³-hybridized carbons (Fsp3) is 0.211. The Morgan fingerprint density at radius 3 is 2.88 bits per heavy atom. The lowest BCUT2D eigenvalue weighted by Gasteiger charge is -2.23. The van der Waals surface area contributed by atoms with Gasteiger partial charge in [0.2, 0.25) is 0 Å². The van der Waals surface area contributed by atoms with E-state index in [2.05, 4.69) is 15.6 Å². The number of para-hydroxylation sites is 1. The molecule has 1 aliphatic heterocycles. The lowest BCUT2D eigenvalue weighted by molar-refractivity contribution is -0.113. The van der Waals surface area contributed by atoms with Crippen LogP contribution in [0.1, 0.15) is 5.56 Å². The first-order valence-corrected chi connectivity index (χ1v) is 9.56. The fourth-order valence-corrected chi connectivity index (χ4v) is 3.94. The fourth-order valence-electron chi connectivity index (χ4n) is 2.53. The van der Waals surface area contributed by atoms with Gasteiger partial charge in [-0.2, -0.15) is 0 Å². The highest BCUT2D eigenvalue weighted by Gasteiger charge is 2.27. The van der Waals surface area contributed by atoms with Gasteiger partial charge < -0.3 is 15.4 Å². The van der Waals surface area contributed by atoms with Crippen LogP contribution in [0.2, 0.25) is 0 Å². The van der Waals surface area contributed by atoms with Gasteiger partial charge in [0.05, 0.1) is 13.3 Å². The van der Waals surface area contributed by atoms with E-state index in [9.17, 15) is 4.79 Å². The number of hydrogen-bond acceptors (Lipinski definition) is 6. The van der Waals surface area contributed by atoms with Gasteiger partial charge in [0.25, 0.3) is 0 Å². The molecule has 0 fully saturated rings. The van der Waals surface area contributed by atoms with Gasteiger partial charge in [0, 0.05) is 41.5 Å². The van der Waals surface area contributed by atoms with Gasteiger partial charge in [-0.25, -0.2) is 0 Å². The third kappa shape index (κ3) is 4.62. The molecule has 134 valence electrons. The summed E-state index contributed by atoms with van der Waals surface area (Å²) in [6.07, 6.45) is 5.04. The summed E-state index contributed by atoms with van der Waals surface area (Å²) < 4.78 is 5.29. The summed E-state index contributed by atoms with van der Waals surface area (Å²) in [6, 6.07) is 11.5. The van der Waals surface area contributed by atoms with Gasteiger partial charge in [0.1, 0.15) is 16.0 Å². The van der Waals surface area contributed by atoms with Crippen LogP contribution in [-0.2, 0) is 11.3 Å². The van der Waals surface area contributed by atoms with E-state index in [0.717, 1.165) is 22.7 Å². The second-order valence-electron chi connectivity index (χ2n) is 5.66. The van der Waals surface area contributed by atoms with E-state index in [1.54, 1.807) is 25.6 Å². The van der Waals surface area contributed by atoms with Crippen LogP contribution in [0, 0.1) is 0 Å². The molecular weight excluding hydrogens is 366 g/mol. The van der Waals surface area contributed by atoms with E-state index < -0.39 is 0 Å². The lowest BCUT2D eigenvalue weighted by atomic mass is 10.2. The SMILES string of the molecule is COc1cnccc1CNC1=CC(=O)C(C(=S)Nc2ccccc2)SC1. The van der Waals surface area contributed by atoms with Crippen LogP contribution in [0.4, 0.5) is 5.69 Å². The molecule has 0 saturated carbocycles. The van der Waals surface area contributed by atoms with Crippen LogP contribution in [-0.4, -0.2) is 33.9 Å². The molecule has 2 aromatic rings. The number of thiocarbonyl (C=S) groups is 1. The number of aromatic nitrogens is 1. The first kappa shape index (κ1) is 18.4. The van der Waals surface area contributed by atoms with Crippen molar-refractivity contribution in [2.24, 2.45) is 0 Å². The maximum absolute atomic E-state index is 12.5. The molecule has 1 aromatic carbocycles. The third-order valence-electron chi connectivity index (χ3n) is 3.86. The maximum Gasteiger partial charge on any atom is 0.177 e. The van der Waals surface area contributed by atoms with Crippen molar-refractivity contribution in [2.75, 3.05) is 18.2 Å². The van der Waals surface area contributed by atoms with Crippen molar-refractivity contribution in [1.29, 1.82) is 0 Å². The molecule has 3 rings (SSSR count). The highest BCUT2D eigenvalue weighted by atomic mass is 32.2. The van der Waals surface area contributed by atoms with Gasteiger partial charge in [-0.15, -0.1) is 11.8 Å². The Balaban J connectivity index is 1.59. The molecule has 1 unspecified atom stereocenters. The predicted molar refractivity (Wildman–Crippen MR) is 110 cm³/mol. The number of thioether (sulfide) groups is 1. The minimum absolute atomic E-state index is 0.00104. The second-order valence-corrected chi connectivity index (χ2v) is 7.19. The number of nitrogens with zero attached hydrogens (tertiary/aromatic N) is 1. The summed E-state index contributed by atoms with van der Waals surface area (Å²) in [7, 11) is 1.62. The minimum atomic E-state index is -0.355. The Kier molecular flexibility index (Phi) is 6.25. The Morgan fingerprint density at radius 2 is 2.15 bits per heavy atom. The van der Waals surface area contributed by atoms with Crippen LogP contribution < -0.4 is 15.4 Å². The number of carbonyl (C=O) groups is 1. The van der Waals surface area contributed by atoms with Gasteiger partial charge in [-0.05, 0) is 18.2 Å². The molecule has 0 spiro atoms. The number of nitrogens with one attached hydrogen (secondary N) is 2. The van der Waals surface area contributed by atoms with Crippen LogP contribution in [0.5, 0.6) is 5.75 Å². The van der Waals surface area contributed by atoms with Crippen LogP contribution in [0.15, 0.2) is 60.6 Å². The number of pyridine rings is 1. The summed E-state index contributed by atoms with van der Waals surface area (Å²) in [5.41, 5.74) is 2.77. The predicted octanol–water partition coefficient (Wildman–Crippen LogP) is 3.19. The largest absolute Gasteiger partial charge is 0.495 e. The van der Waals surface area contributed by atoms with Gasteiger partial charge in [-0.1, -0.05) is 30.4 Å². The Labute approximate surface area is 162 Å². The number of hydrogen-bond donors (Lipinski definition) is 2. The summed E-state index contributed by atoms with van der Waals surface area (Å²) in [5, 5.41) is 6.09. The lowest BCUT2D eigenvalue weighted by Crippen LogP contribution is -2.34. The molecule has 2 N–H and O–H groups in total. The highest BCUT2D eigenvalue weighted by Crippen LogP contribution is 2.24. The molecular formula is C19H19N3O2S2. The molecule has 5 nitrogen and oxygen atoms in total.